The molecule has 0 aromatic heterocycles. The Morgan fingerprint density at radius 1 is 1.37 bits per heavy atom. The summed E-state index contributed by atoms with van der Waals surface area (Å²) in [6.45, 7) is 5.63. The highest BCUT2D eigenvalue weighted by Gasteiger charge is 2.44. The summed E-state index contributed by atoms with van der Waals surface area (Å²) >= 11 is 1.40. The number of carbonyl (C=O) groups is 2. The molecule has 2 atom stereocenters. The molecular formula is C20H22N2O4S. The summed E-state index contributed by atoms with van der Waals surface area (Å²) in [5, 5.41) is 0.382. The van der Waals surface area contributed by atoms with Gasteiger partial charge in [0, 0.05) is 5.56 Å². The Balaban J connectivity index is 2.04. The van der Waals surface area contributed by atoms with E-state index in [1.54, 1.807) is 25.9 Å². The Hall–Kier alpha value is -2.54. The van der Waals surface area contributed by atoms with Crippen molar-refractivity contribution in [2.75, 3.05) is 13.7 Å². The number of hydrogen-bond acceptors (Lipinski definition) is 6. The van der Waals surface area contributed by atoms with E-state index < -0.39 is 12.0 Å². The molecule has 0 N–H and O–H groups in total. The van der Waals surface area contributed by atoms with Gasteiger partial charge < -0.3 is 9.47 Å². The molecular weight excluding hydrogens is 364 g/mol. The number of carbonyl (C=O) groups excluding carboxylic acids is 2. The maximum atomic E-state index is 12.7. The van der Waals surface area contributed by atoms with Gasteiger partial charge in [0.15, 0.2) is 5.17 Å². The van der Waals surface area contributed by atoms with Crippen LogP contribution in [0.4, 0.5) is 0 Å². The van der Waals surface area contributed by atoms with Crippen molar-refractivity contribution in [3.63, 3.8) is 0 Å². The molecule has 142 valence electrons. The third-order valence-corrected chi connectivity index (χ3v) is 5.45. The Labute approximate surface area is 162 Å². The van der Waals surface area contributed by atoms with E-state index >= 15 is 0 Å². The van der Waals surface area contributed by atoms with E-state index in [-0.39, 0.29) is 17.8 Å². The standard InChI is InChI=1S/C20H22N2O4S/c1-5-26-19(24)17-12(2)21-20-22(18(23)13(3)27-20)15(17)11-10-14-8-6-7-9-16(14)25-4/h6-11,13,15H,5H2,1-4H3/t13-,15+/m0/s1. The molecule has 0 spiro atoms. The van der Waals surface area contributed by atoms with Crippen molar-refractivity contribution < 1.29 is 19.1 Å². The molecule has 7 heteroatoms. The summed E-state index contributed by atoms with van der Waals surface area (Å²) in [7, 11) is 1.61. The fourth-order valence-corrected chi connectivity index (χ4v) is 4.13. The molecule has 1 amide bonds. The maximum Gasteiger partial charge on any atom is 0.338 e. The third kappa shape index (κ3) is 3.64. The van der Waals surface area contributed by atoms with E-state index in [1.807, 2.05) is 43.3 Å². The summed E-state index contributed by atoms with van der Waals surface area (Å²) in [6.07, 6.45) is 3.69. The highest BCUT2D eigenvalue weighted by atomic mass is 32.2. The molecule has 1 aromatic carbocycles. The van der Waals surface area contributed by atoms with Crippen LogP contribution in [0.2, 0.25) is 0 Å². The summed E-state index contributed by atoms with van der Waals surface area (Å²) in [5.41, 5.74) is 1.82. The van der Waals surface area contributed by atoms with Gasteiger partial charge in [-0.1, -0.05) is 42.1 Å². The smallest absolute Gasteiger partial charge is 0.338 e. The normalized spacial score (nSPS) is 22.1. The van der Waals surface area contributed by atoms with Crippen LogP contribution in [0.3, 0.4) is 0 Å². The molecule has 1 saturated heterocycles. The first-order valence-electron chi connectivity index (χ1n) is 8.75. The van der Waals surface area contributed by atoms with Gasteiger partial charge in [0.1, 0.15) is 5.75 Å². The molecule has 2 aliphatic rings. The minimum Gasteiger partial charge on any atom is -0.496 e. The molecule has 2 aliphatic heterocycles. The summed E-state index contributed by atoms with van der Waals surface area (Å²) in [5.74, 6) is 0.194. The second-order valence-corrected chi connectivity index (χ2v) is 7.44. The van der Waals surface area contributed by atoms with E-state index in [4.69, 9.17) is 9.47 Å². The van der Waals surface area contributed by atoms with E-state index in [2.05, 4.69) is 4.99 Å². The van der Waals surface area contributed by atoms with Gasteiger partial charge in [0.05, 0.1) is 36.3 Å². The average Bonchev–Trinajstić information content (AvgIpc) is 2.93. The number of rotatable bonds is 5. The number of allylic oxidation sites excluding steroid dienone is 1. The molecule has 1 aromatic rings. The van der Waals surface area contributed by atoms with E-state index in [9.17, 15) is 9.59 Å². The van der Waals surface area contributed by atoms with Crippen LogP contribution in [0, 0.1) is 0 Å². The van der Waals surface area contributed by atoms with Crippen LogP contribution >= 0.6 is 11.8 Å². The predicted molar refractivity (Wildman–Crippen MR) is 106 cm³/mol. The Morgan fingerprint density at radius 3 is 2.81 bits per heavy atom. The number of fused-ring (bicyclic) bond motifs is 1. The van der Waals surface area contributed by atoms with Gasteiger partial charge in [-0.25, -0.2) is 9.79 Å². The zero-order valence-electron chi connectivity index (χ0n) is 15.8. The van der Waals surface area contributed by atoms with Crippen molar-refractivity contribution in [1.29, 1.82) is 0 Å². The predicted octanol–water partition coefficient (Wildman–Crippen LogP) is 3.25. The molecule has 3 rings (SSSR count). The molecule has 0 aliphatic carbocycles. The van der Waals surface area contributed by atoms with Gasteiger partial charge in [-0.2, -0.15) is 0 Å². The van der Waals surface area contributed by atoms with Gasteiger partial charge in [-0.05, 0) is 26.8 Å². The third-order valence-electron chi connectivity index (χ3n) is 4.39. The molecule has 0 saturated carbocycles. The van der Waals surface area contributed by atoms with Crippen molar-refractivity contribution in [1.82, 2.24) is 4.90 Å². The zero-order valence-corrected chi connectivity index (χ0v) is 16.6. The number of para-hydroxylation sites is 1. The number of ether oxygens (including phenoxy) is 2. The first-order chi connectivity index (χ1) is 13.0. The lowest BCUT2D eigenvalue weighted by molar-refractivity contribution is -0.139. The molecule has 6 nitrogen and oxygen atoms in total. The second-order valence-electron chi connectivity index (χ2n) is 6.13. The lowest BCUT2D eigenvalue weighted by atomic mass is 10.00. The second kappa shape index (κ2) is 8.00. The summed E-state index contributed by atoms with van der Waals surface area (Å²) in [4.78, 5) is 31.3. The minimum atomic E-state index is -0.564. The number of esters is 1. The fourth-order valence-electron chi connectivity index (χ4n) is 3.10. The first-order valence-corrected chi connectivity index (χ1v) is 9.63. The average molecular weight is 386 g/mol. The Morgan fingerprint density at radius 2 is 2.11 bits per heavy atom. The maximum absolute atomic E-state index is 12.7. The van der Waals surface area contributed by atoms with Crippen LogP contribution in [0.15, 0.2) is 46.6 Å². The largest absolute Gasteiger partial charge is 0.496 e. The van der Waals surface area contributed by atoms with Crippen LogP contribution in [0.1, 0.15) is 26.3 Å². The summed E-state index contributed by atoms with van der Waals surface area (Å²) < 4.78 is 10.6. The van der Waals surface area contributed by atoms with Crippen LogP contribution in [-0.2, 0) is 14.3 Å². The van der Waals surface area contributed by atoms with Crippen LogP contribution < -0.4 is 4.74 Å². The van der Waals surface area contributed by atoms with Gasteiger partial charge in [-0.15, -0.1) is 0 Å². The van der Waals surface area contributed by atoms with Gasteiger partial charge in [-0.3, -0.25) is 9.69 Å². The van der Waals surface area contributed by atoms with Gasteiger partial charge in [0.25, 0.3) is 0 Å². The SMILES string of the molecule is CCOC(=O)C1=C(C)N=C2S[C@@H](C)C(=O)N2[C@@H]1C=Cc1ccccc1OC. The Bertz CT molecular complexity index is 859. The quantitative estimate of drug-likeness (QED) is 0.727. The van der Waals surface area contributed by atoms with E-state index in [0.29, 0.717) is 22.2 Å². The number of thioether (sulfide) groups is 1. The van der Waals surface area contributed by atoms with Crippen molar-refractivity contribution in [3.8, 4) is 5.75 Å². The number of methoxy groups -OCH3 is 1. The minimum absolute atomic E-state index is 0.0669. The monoisotopic (exact) mass is 386 g/mol. The topological polar surface area (TPSA) is 68.2 Å². The molecule has 27 heavy (non-hydrogen) atoms. The molecule has 0 bridgehead atoms. The molecule has 0 radical (unpaired) electrons. The van der Waals surface area contributed by atoms with Crippen LogP contribution in [0.25, 0.3) is 6.08 Å². The van der Waals surface area contributed by atoms with Gasteiger partial charge in [0.2, 0.25) is 5.91 Å². The molecule has 1 fully saturated rings. The number of hydrogen-bond donors (Lipinski definition) is 0. The van der Waals surface area contributed by atoms with Crippen molar-refractivity contribution >= 4 is 34.9 Å². The number of amides is 1. The van der Waals surface area contributed by atoms with E-state index in [1.165, 1.54) is 11.8 Å². The lowest BCUT2D eigenvalue weighted by Gasteiger charge is -2.30. The number of nitrogens with zero attached hydrogens (tertiary/aromatic N) is 2. The molecule has 2 heterocycles. The van der Waals surface area contributed by atoms with E-state index in [0.717, 1.165) is 5.56 Å². The summed E-state index contributed by atoms with van der Waals surface area (Å²) in [6, 6.07) is 7.00. The molecule has 0 unspecified atom stereocenters. The highest BCUT2D eigenvalue weighted by molar-refractivity contribution is 8.15. The first kappa shape index (κ1) is 19.2. The Kier molecular flexibility index (Phi) is 5.70. The number of aliphatic imine (C=N–C) groups is 1. The van der Waals surface area contributed by atoms with Gasteiger partial charge >= 0.3 is 5.97 Å². The fraction of sp³-hybridized carbons (Fsp3) is 0.350. The van der Waals surface area contributed by atoms with Crippen molar-refractivity contribution in [3.05, 3.63) is 47.2 Å². The van der Waals surface area contributed by atoms with Crippen molar-refractivity contribution in [2.24, 2.45) is 4.99 Å². The number of amidine groups is 1. The van der Waals surface area contributed by atoms with Crippen LogP contribution in [-0.4, -0.2) is 47.0 Å². The number of benzene rings is 1. The lowest BCUT2D eigenvalue weighted by Crippen LogP contribution is -2.45. The highest BCUT2D eigenvalue weighted by Crippen LogP contribution is 2.37. The van der Waals surface area contributed by atoms with Crippen LogP contribution in [0.5, 0.6) is 5.75 Å². The van der Waals surface area contributed by atoms with Crippen molar-refractivity contribution in [2.45, 2.75) is 32.1 Å². The zero-order chi connectivity index (χ0) is 19.6.